The van der Waals surface area contributed by atoms with Gasteiger partial charge in [-0.1, -0.05) is 5.16 Å². The third-order valence-corrected chi connectivity index (χ3v) is 5.44. The summed E-state index contributed by atoms with van der Waals surface area (Å²) >= 11 is 0. The van der Waals surface area contributed by atoms with Gasteiger partial charge in [-0.15, -0.1) is 0 Å². The zero-order valence-corrected chi connectivity index (χ0v) is 17.3. The second-order valence-electron chi connectivity index (χ2n) is 7.72. The molecule has 3 atom stereocenters. The number of likely N-dealkylation sites (tertiary alicyclic amines) is 1. The Morgan fingerprint density at radius 2 is 2.06 bits per heavy atom. The van der Waals surface area contributed by atoms with Gasteiger partial charge in [-0.2, -0.15) is 13.2 Å². The van der Waals surface area contributed by atoms with Crippen LogP contribution in [-0.4, -0.2) is 65.6 Å². The highest BCUT2D eigenvalue weighted by molar-refractivity contribution is 5.91. The molecule has 0 unspecified atom stereocenters. The molecule has 2 aromatic rings. The number of rotatable bonds is 5. The van der Waals surface area contributed by atoms with Crippen molar-refractivity contribution in [1.29, 1.82) is 0 Å². The van der Waals surface area contributed by atoms with E-state index in [1.807, 2.05) is 19.1 Å². The smallest absolute Gasteiger partial charge is 0.475 e. The number of fused-ring (bicyclic) bond motifs is 1. The number of nitrogens with one attached hydrogen (secondary N) is 1. The van der Waals surface area contributed by atoms with Gasteiger partial charge in [-0.05, 0) is 37.9 Å². The predicted molar refractivity (Wildman–Crippen MR) is 103 cm³/mol. The van der Waals surface area contributed by atoms with E-state index in [0.29, 0.717) is 18.4 Å². The van der Waals surface area contributed by atoms with Crippen molar-refractivity contribution in [2.45, 2.75) is 32.2 Å². The van der Waals surface area contributed by atoms with Crippen LogP contribution in [0, 0.1) is 18.8 Å². The monoisotopic (exact) mass is 459 g/mol. The van der Waals surface area contributed by atoms with Crippen molar-refractivity contribution >= 4 is 11.9 Å². The number of furan rings is 1. The average Bonchev–Trinajstić information content (AvgIpc) is 3.47. The quantitative estimate of drug-likeness (QED) is 0.700. The number of aryl methyl sites for hydroxylation is 1. The van der Waals surface area contributed by atoms with Crippen LogP contribution < -0.4 is 5.32 Å². The van der Waals surface area contributed by atoms with Gasteiger partial charge >= 0.3 is 12.1 Å². The molecule has 0 radical (unpaired) electrons. The molecule has 2 N–H and O–H groups in total. The van der Waals surface area contributed by atoms with E-state index in [0.717, 1.165) is 44.2 Å². The first-order chi connectivity index (χ1) is 15.1. The second kappa shape index (κ2) is 10.2. The van der Waals surface area contributed by atoms with Crippen molar-refractivity contribution in [1.82, 2.24) is 15.4 Å². The molecule has 4 rings (SSSR count). The van der Waals surface area contributed by atoms with Gasteiger partial charge in [0.15, 0.2) is 0 Å². The maximum absolute atomic E-state index is 12.0. The number of carboxylic acids is 1. The van der Waals surface area contributed by atoms with Gasteiger partial charge in [0.1, 0.15) is 11.5 Å². The van der Waals surface area contributed by atoms with Crippen molar-refractivity contribution in [3.05, 3.63) is 41.7 Å². The third-order valence-electron chi connectivity index (χ3n) is 5.44. The minimum Gasteiger partial charge on any atom is -0.475 e. The number of amides is 1. The Labute approximate surface area is 181 Å². The molecule has 4 heterocycles. The lowest BCUT2D eigenvalue weighted by molar-refractivity contribution is -0.192. The number of aromatic nitrogens is 1. The van der Waals surface area contributed by atoms with Gasteiger partial charge in [0.05, 0.1) is 25.5 Å². The number of aliphatic carboxylic acids is 1. The van der Waals surface area contributed by atoms with Crippen LogP contribution in [0.2, 0.25) is 0 Å². The molecular weight excluding hydrogens is 435 g/mol. The maximum Gasteiger partial charge on any atom is 0.490 e. The Kier molecular flexibility index (Phi) is 7.56. The first-order valence-electron chi connectivity index (χ1n) is 10.0. The summed E-state index contributed by atoms with van der Waals surface area (Å²) in [5.41, 5.74) is 0. The van der Waals surface area contributed by atoms with E-state index in [1.165, 1.54) is 6.20 Å². The molecule has 0 spiro atoms. The molecule has 0 bridgehead atoms. The van der Waals surface area contributed by atoms with Gasteiger partial charge < -0.3 is 24.1 Å². The molecule has 0 aliphatic carbocycles. The number of alkyl halides is 3. The molecule has 2 aromatic heterocycles. The molecule has 2 aliphatic rings. The number of hydrogen-bond donors (Lipinski definition) is 2. The van der Waals surface area contributed by atoms with E-state index in [-0.39, 0.29) is 17.8 Å². The minimum absolute atomic E-state index is 0.0398. The lowest BCUT2D eigenvalue weighted by Gasteiger charge is -2.35. The van der Waals surface area contributed by atoms with Crippen LogP contribution in [0.15, 0.2) is 33.3 Å². The maximum atomic E-state index is 12.0. The van der Waals surface area contributed by atoms with Crippen molar-refractivity contribution < 1.29 is 41.5 Å². The summed E-state index contributed by atoms with van der Waals surface area (Å²) in [5.74, 6) is 0.178. The van der Waals surface area contributed by atoms with E-state index < -0.39 is 12.1 Å². The van der Waals surface area contributed by atoms with E-state index in [4.69, 9.17) is 23.6 Å². The minimum atomic E-state index is -5.08. The number of piperidine rings is 1. The van der Waals surface area contributed by atoms with Crippen molar-refractivity contribution in [3.8, 4) is 0 Å². The van der Waals surface area contributed by atoms with E-state index in [1.54, 1.807) is 6.07 Å². The van der Waals surface area contributed by atoms with Crippen LogP contribution in [-0.2, 0) is 16.1 Å². The third kappa shape index (κ3) is 6.33. The first-order valence-corrected chi connectivity index (χ1v) is 10.0. The number of halogens is 3. The summed E-state index contributed by atoms with van der Waals surface area (Å²) in [6.45, 7) is 6.09. The van der Waals surface area contributed by atoms with Crippen LogP contribution in [0.1, 0.15) is 28.5 Å². The largest absolute Gasteiger partial charge is 0.490 e. The first kappa shape index (κ1) is 23.8. The molecule has 1 amide bonds. The molecule has 0 saturated carbocycles. The summed E-state index contributed by atoms with van der Waals surface area (Å²) in [7, 11) is 0. The van der Waals surface area contributed by atoms with Gasteiger partial charge in [0, 0.05) is 25.1 Å². The highest BCUT2D eigenvalue weighted by Crippen LogP contribution is 2.34. The number of nitrogens with zero attached hydrogens (tertiary/aromatic N) is 2. The summed E-state index contributed by atoms with van der Waals surface area (Å²) < 4.78 is 48.3. The van der Waals surface area contributed by atoms with Gasteiger partial charge in [0.2, 0.25) is 5.76 Å². The van der Waals surface area contributed by atoms with Crippen molar-refractivity contribution in [2.75, 3.05) is 26.2 Å². The SMILES string of the molecule is Cc1ccc(CN2CC[C@H]3CO[C@H](CNC(=O)c4ccno4)[C@H]3C2)o1.O=C(O)C(F)(F)F. The van der Waals surface area contributed by atoms with Crippen LogP contribution in [0.5, 0.6) is 0 Å². The topological polar surface area (TPSA) is 118 Å². The Hall–Kier alpha value is -2.86. The lowest BCUT2D eigenvalue weighted by atomic mass is 9.84. The highest BCUT2D eigenvalue weighted by atomic mass is 19.4. The molecule has 2 fully saturated rings. The van der Waals surface area contributed by atoms with Crippen LogP contribution in [0.25, 0.3) is 0 Å². The number of ether oxygens (including phenoxy) is 1. The van der Waals surface area contributed by atoms with E-state index in [9.17, 15) is 18.0 Å². The Morgan fingerprint density at radius 3 is 2.66 bits per heavy atom. The molecular formula is C20H24F3N3O6. The molecule has 9 nitrogen and oxygen atoms in total. The summed E-state index contributed by atoms with van der Waals surface area (Å²) in [5, 5.41) is 13.6. The van der Waals surface area contributed by atoms with Crippen LogP contribution in [0.3, 0.4) is 0 Å². The van der Waals surface area contributed by atoms with Crippen molar-refractivity contribution in [3.63, 3.8) is 0 Å². The fraction of sp³-hybridized carbons (Fsp3) is 0.550. The van der Waals surface area contributed by atoms with E-state index >= 15 is 0 Å². The molecule has 0 aromatic carbocycles. The molecule has 176 valence electrons. The second-order valence-corrected chi connectivity index (χ2v) is 7.72. The highest BCUT2D eigenvalue weighted by Gasteiger charge is 2.41. The Balaban J connectivity index is 0.000000360. The normalized spacial score (nSPS) is 23.2. The number of carbonyl (C=O) groups excluding carboxylic acids is 1. The van der Waals surface area contributed by atoms with Gasteiger partial charge in [-0.25, -0.2) is 4.79 Å². The summed E-state index contributed by atoms with van der Waals surface area (Å²) in [6.07, 6.45) is -2.46. The van der Waals surface area contributed by atoms with Gasteiger partial charge in [-0.3, -0.25) is 9.69 Å². The standard InChI is InChI=1S/C18H23N3O4.C2HF3O2/c1-12-2-3-14(24-12)9-21-7-5-13-11-23-17(15(13)10-21)8-19-18(22)16-4-6-20-25-16;3-2(4,5)1(6)7/h2-4,6,13,15,17H,5,7-11H2,1H3,(H,19,22);(H,6,7)/t13-,15-,17+;/m0./s1. The van der Waals surface area contributed by atoms with E-state index in [2.05, 4.69) is 15.4 Å². The van der Waals surface area contributed by atoms with Crippen molar-refractivity contribution in [2.24, 2.45) is 11.8 Å². The van der Waals surface area contributed by atoms with Gasteiger partial charge in [0.25, 0.3) is 5.91 Å². The predicted octanol–water partition coefficient (Wildman–Crippen LogP) is 2.48. The fourth-order valence-electron chi connectivity index (χ4n) is 3.86. The Morgan fingerprint density at radius 1 is 1.31 bits per heavy atom. The molecule has 2 aliphatic heterocycles. The molecule has 2 saturated heterocycles. The zero-order chi connectivity index (χ0) is 23.3. The Bertz CT molecular complexity index is 899. The number of hydrogen-bond acceptors (Lipinski definition) is 7. The summed E-state index contributed by atoms with van der Waals surface area (Å²) in [6, 6.07) is 5.60. The lowest BCUT2D eigenvalue weighted by Crippen LogP contribution is -2.45. The van der Waals surface area contributed by atoms with Crippen LogP contribution in [0.4, 0.5) is 13.2 Å². The number of carboxylic acid groups (broad SMARTS) is 1. The molecule has 32 heavy (non-hydrogen) atoms. The average molecular weight is 459 g/mol. The zero-order valence-electron chi connectivity index (χ0n) is 17.3. The summed E-state index contributed by atoms with van der Waals surface area (Å²) in [4.78, 5) is 23.3. The number of carbonyl (C=O) groups is 2. The fourth-order valence-corrected chi connectivity index (χ4v) is 3.86. The van der Waals surface area contributed by atoms with Crippen LogP contribution >= 0.6 is 0 Å². The molecule has 12 heteroatoms.